The summed E-state index contributed by atoms with van der Waals surface area (Å²) in [5.41, 5.74) is 1.64. The fourth-order valence-corrected chi connectivity index (χ4v) is 2.54. The monoisotopic (exact) mass is 285 g/mol. The van der Waals surface area contributed by atoms with Crippen molar-refractivity contribution in [2.75, 3.05) is 6.79 Å². The predicted molar refractivity (Wildman–Crippen MR) is 74.2 cm³/mol. The number of carbonyl (C=O) groups is 1. The molecular weight excluding hydrogens is 270 g/mol. The van der Waals surface area contributed by atoms with E-state index in [2.05, 4.69) is 0 Å². The molecule has 0 N–H and O–H groups in total. The normalized spacial score (nSPS) is 16.0. The van der Waals surface area contributed by atoms with Gasteiger partial charge in [0.1, 0.15) is 6.26 Å². The predicted octanol–water partition coefficient (Wildman–Crippen LogP) is 2.81. The number of rotatable bonds is 4. The van der Waals surface area contributed by atoms with Crippen molar-refractivity contribution in [1.29, 1.82) is 0 Å². The molecule has 0 bridgehead atoms. The Bertz CT molecular complexity index is 661. The minimum Gasteiger partial charge on any atom is -0.472 e. The maximum atomic E-state index is 12.5. The van der Waals surface area contributed by atoms with E-state index in [0.717, 1.165) is 29.9 Å². The summed E-state index contributed by atoms with van der Waals surface area (Å²) in [6.45, 7) is 0.838. The van der Waals surface area contributed by atoms with Crippen molar-refractivity contribution in [2.24, 2.45) is 0 Å². The second kappa shape index (κ2) is 4.84. The quantitative estimate of drug-likeness (QED) is 0.866. The highest BCUT2D eigenvalue weighted by atomic mass is 16.7. The Kier molecular flexibility index (Phi) is 2.84. The molecule has 5 heteroatoms. The molecular formula is C16H15NO4. The van der Waals surface area contributed by atoms with Gasteiger partial charge in [0.2, 0.25) is 6.79 Å². The largest absolute Gasteiger partial charge is 0.472 e. The van der Waals surface area contributed by atoms with Crippen LogP contribution in [0.3, 0.4) is 0 Å². The van der Waals surface area contributed by atoms with E-state index in [9.17, 15) is 4.79 Å². The van der Waals surface area contributed by atoms with Gasteiger partial charge in [0.15, 0.2) is 11.5 Å². The van der Waals surface area contributed by atoms with Crippen LogP contribution < -0.4 is 9.47 Å². The fraction of sp³-hybridized carbons (Fsp3) is 0.312. The van der Waals surface area contributed by atoms with E-state index < -0.39 is 0 Å². The fourth-order valence-electron chi connectivity index (χ4n) is 2.54. The third kappa shape index (κ3) is 2.35. The number of furan rings is 1. The molecule has 5 nitrogen and oxygen atoms in total. The van der Waals surface area contributed by atoms with Crippen LogP contribution in [-0.4, -0.2) is 23.6 Å². The topological polar surface area (TPSA) is 51.9 Å². The first-order chi connectivity index (χ1) is 10.3. The molecule has 21 heavy (non-hydrogen) atoms. The smallest absolute Gasteiger partial charge is 0.257 e. The minimum atomic E-state index is 0.0175. The van der Waals surface area contributed by atoms with Gasteiger partial charge in [-0.2, -0.15) is 0 Å². The molecule has 0 unspecified atom stereocenters. The number of carbonyl (C=O) groups excluding carboxylic acids is 1. The van der Waals surface area contributed by atoms with Gasteiger partial charge in [-0.15, -0.1) is 0 Å². The van der Waals surface area contributed by atoms with Gasteiger partial charge in [0, 0.05) is 12.6 Å². The van der Waals surface area contributed by atoms with Crippen LogP contribution in [0.4, 0.5) is 0 Å². The molecule has 1 aliphatic heterocycles. The van der Waals surface area contributed by atoms with E-state index in [1.165, 1.54) is 12.5 Å². The Labute approximate surface area is 122 Å². The molecule has 2 aliphatic rings. The number of hydrogen-bond acceptors (Lipinski definition) is 4. The minimum absolute atomic E-state index is 0.0175. The zero-order chi connectivity index (χ0) is 14.2. The number of hydrogen-bond donors (Lipinski definition) is 0. The number of fused-ring (bicyclic) bond motifs is 1. The average Bonchev–Trinajstić information content (AvgIpc) is 3.02. The lowest BCUT2D eigenvalue weighted by molar-refractivity contribution is 0.0729. The van der Waals surface area contributed by atoms with Crippen LogP contribution in [-0.2, 0) is 6.54 Å². The highest BCUT2D eigenvalue weighted by Crippen LogP contribution is 2.35. The van der Waals surface area contributed by atoms with Crippen LogP contribution >= 0.6 is 0 Å². The molecule has 1 fully saturated rings. The molecule has 1 amide bonds. The Morgan fingerprint density at radius 1 is 1.19 bits per heavy atom. The molecule has 4 rings (SSSR count). The van der Waals surface area contributed by atoms with Crippen molar-refractivity contribution in [2.45, 2.75) is 25.4 Å². The second-order valence-electron chi connectivity index (χ2n) is 5.36. The molecule has 0 saturated heterocycles. The van der Waals surface area contributed by atoms with E-state index in [-0.39, 0.29) is 12.7 Å². The number of benzene rings is 1. The Hall–Kier alpha value is -2.43. The van der Waals surface area contributed by atoms with Crippen molar-refractivity contribution in [3.8, 4) is 11.5 Å². The average molecular weight is 285 g/mol. The van der Waals surface area contributed by atoms with E-state index in [1.54, 1.807) is 6.07 Å². The molecule has 0 spiro atoms. The number of nitrogens with zero attached hydrogens (tertiary/aromatic N) is 1. The highest BCUT2D eigenvalue weighted by Gasteiger charge is 2.33. The third-order valence-electron chi connectivity index (χ3n) is 3.81. The Morgan fingerprint density at radius 3 is 2.81 bits per heavy atom. The van der Waals surface area contributed by atoms with Crippen molar-refractivity contribution in [3.63, 3.8) is 0 Å². The molecule has 2 heterocycles. The maximum Gasteiger partial charge on any atom is 0.257 e. The van der Waals surface area contributed by atoms with E-state index in [1.807, 2.05) is 23.1 Å². The standard InChI is InChI=1S/C16H15NO4/c18-16(12-5-6-19-9-12)17(13-2-3-13)8-11-1-4-14-15(7-11)21-10-20-14/h1,4-7,9,13H,2-3,8,10H2. The summed E-state index contributed by atoms with van der Waals surface area (Å²) in [4.78, 5) is 14.4. The Balaban J connectivity index is 1.56. The van der Waals surface area contributed by atoms with E-state index in [4.69, 9.17) is 13.9 Å². The maximum absolute atomic E-state index is 12.5. The third-order valence-corrected chi connectivity index (χ3v) is 3.81. The second-order valence-corrected chi connectivity index (χ2v) is 5.36. The molecule has 1 aliphatic carbocycles. The van der Waals surface area contributed by atoms with Crippen molar-refractivity contribution >= 4 is 5.91 Å². The van der Waals surface area contributed by atoms with Crippen molar-refractivity contribution in [1.82, 2.24) is 4.90 Å². The summed E-state index contributed by atoms with van der Waals surface area (Å²) in [5.74, 6) is 1.53. The van der Waals surface area contributed by atoms with Crippen LogP contribution in [0.2, 0.25) is 0 Å². The lowest BCUT2D eigenvalue weighted by Crippen LogP contribution is -2.32. The van der Waals surface area contributed by atoms with Gasteiger partial charge in [-0.3, -0.25) is 4.79 Å². The summed E-state index contributed by atoms with van der Waals surface area (Å²) in [7, 11) is 0. The summed E-state index contributed by atoms with van der Waals surface area (Å²) >= 11 is 0. The summed E-state index contributed by atoms with van der Waals surface area (Å²) in [6, 6.07) is 7.85. The van der Waals surface area contributed by atoms with Gasteiger partial charge in [0.25, 0.3) is 5.91 Å². The first-order valence-corrected chi connectivity index (χ1v) is 7.03. The van der Waals surface area contributed by atoms with Crippen LogP contribution in [0.25, 0.3) is 0 Å². The summed E-state index contributed by atoms with van der Waals surface area (Å²) in [5, 5.41) is 0. The lowest BCUT2D eigenvalue weighted by Gasteiger charge is -2.22. The molecule has 0 radical (unpaired) electrons. The van der Waals surface area contributed by atoms with Crippen molar-refractivity contribution in [3.05, 3.63) is 47.9 Å². The van der Waals surface area contributed by atoms with E-state index in [0.29, 0.717) is 18.2 Å². The van der Waals surface area contributed by atoms with E-state index >= 15 is 0 Å². The zero-order valence-corrected chi connectivity index (χ0v) is 11.5. The first-order valence-electron chi connectivity index (χ1n) is 7.03. The molecule has 1 aromatic heterocycles. The van der Waals surface area contributed by atoms with Crippen molar-refractivity contribution < 1.29 is 18.7 Å². The molecule has 1 saturated carbocycles. The van der Waals surface area contributed by atoms with Crippen LogP contribution in [0.1, 0.15) is 28.8 Å². The molecule has 108 valence electrons. The van der Waals surface area contributed by atoms with Gasteiger partial charge >= 0.3 is 0 Å². The number of amides is 1. The highest BCUT2D eigenvalue weighted by molar-refractivity contribution is 5.94. The first kappa shape index (κ1) is 12.3. The number of ether oxygens (including phenoxy) is 2. The zero-order valence-electron chi connectivity index (χ0n) is 11.5. The molecule has 0 atom stereocenters. The summed E-state index contributed by atoms with van der Waals surface area (Å²) < 4.78 is 15.7. The van der Waals surface area contributed by atoms with Gasteiger partial charge in [-0.1, -0.05) is 6.07 Å². The van der Waals surface area contributed by atoms with Gasteiger partial charge in [-0.25, -0.2) is 0 Å². The van der Waals surface area contributed by atoms with Crippen LogP contribution in [0.15, 0.2) is 41.2 Å². The van der Waals surface area contributed by atoms with Crippen LogP contribution in [0.5, 0.6) is 11.5 Å². The molecule has 2 aromatic rings. The Morgan fingerprint density at radius 2 is 2.05 bits per heavy atom. The SMILES string of the molecule is O=C(c1ccoc1)N(Cc1ccc2c(c1)OCO2)C1CC1. The summed E-state index contributed by atoms with van der Waals surface area (Å²) in [6.07, 6.45) is 5.15. The van der Waals surface area contributed by atoms with Gasteiger partial charge < -0.3 is 18.8 Å². The van der Waals surface area contributed by atoms with Crippen LogP contribution in [0, 0.1) is 0 Å². The van der Waals surface area contributed by atoms with Gasteiger partial charge in [0.05, 0.1) is 11.8 Å². The van der Waals surface area contributed by atoms with Gasteiger partial charge in [-0.05, 0) is 36.6 Å². The molecule has 1 aromatic carbocycles. The lowest BCUT2D eigenvalue weighted by atomic mass is 10.1.